The van der Waals surface area contributed by atoms with Crippen LogP contribution in [0.3, 0.4) is 0 Å². The van der Waals surface area contributed by atoms with Gasteiger partial charge >= 0.3 is 0 Å². The highest BCUT2D eigenvalue weighted by atomic mass is 16.2. The number of carbonyl (C=O) groups excluding carboxylic acids is 1. The van der Waals surface area contributed by atoms with E-state index >= 15 is 0 Å². The number of hydrogen-bond donors (Lipinski definition) is 1. The Kier molecular flexibility index (Phi) is 3.50. The summed E-state index contributed by atoms with van der Waals surface area (Å²) in [6.45, 7) is 0. The Balaban J connectivity index is 1.55. The maximum atomic E-state index is 13.0. The molecule has 2 nitrogen and oxygen atoms in total. The number of carbonyl (C=O) groups is 1. The van der Waals surface area contributed by atoms with Gasteiger partial charge in [0.25, 0.3) is 0 Å². The number of amides is 1. The lowest BCUT2D eigenvalue weighted by Crippen LogP contribution is -2.42. The van der Waals surface area contributed by atoms with Gasteiger partial charge in [-0.25, -0.2) is 0 Å². The third-order valence-electron chi connectivity index (χ3n) is 7.88. The van der Waals surface area contributed by atoms with Crippen molar-refractivity contribution in [1.82, 2.24) is 5.32 Å². The van der Waals surface area contributed by atoms with Crippen molar-refractivity contribution < 1.29 is 4.79 Å². The number of rotatable bonds is 1. The van der Waals surface area contributed by atoms with Crippen LogP contribution in [0.1, 0.15) is 69.3 Å². The number of hydrogen-bond acceptors (Lipinski definition) is 1. The van der Waals surface area contributed by atoms with Gasteiger partial charge in [-0.2, -0.15) is 0 Å². The van der Waals surface area contributed by atoms with Crippen molar-refractivity contribution in [2.24, 2.45) is 23.2 Å². The van der Waals surface area contributed by atoms with Gasteiger partial charge in [-0.05, 0) is 54.9 Å². The molecule has 0 aromatic heterocycles. The molecule has 5 unspecified atom stereocenters. The molecule has 4 fully saturated rings. The van der Waals surface area contributed by atoms with Crippen molar-refractivity contribution >= 4 is 5.91 Å². The topological polar surface area (TPSA) is 29.1 Å². The summed E-state index contributed by atoms with van der Waals surface area (Å²) in [4.78, 5) is 13.0. The highest BCUT2D eigenvalue weighted by Gasteiger charge is 2.63. The second-order valence-corrected chi connectivity index (χ2v) is 8.84. The van der Waals surface area contributed by atoms with Crippen LogP contribution in [-0.2, 0) is 4.79 Å². The molecule has 0 radical (unpaired) electrons. The highest BCUT2D eigenvalue weighted by molar-refractivity contribution is 5.86. The SMILES string of the molecule is O=C1NC2CC3CCCC(c4ccccc4)C3C2C12CCCCC2. The quantitative estimate of drug-likeness (QED) is 0.800. The molecule has 128 valence electrons. The van der Waals surface area contributed by atoms with Crippen molar-refractivity contribution in [3.05, 3.63) is 35.9 Å². The van der Waals surface area contributed by atoms with Gasteiger partial charge in [0.05, 0.1) is 5.41 Å². The Morgan fingerprint density at radius 1 is 0.958 bits per heavy atom. The Morgan fingerprint density at radius 2 is 1.75 bits per heavy atom. The molecule has 3 aliphatic carbocycles. The Morgan fingerprint density at radius 3 is 2.54 bits per heavy atom. The summed E-state index contributed by atoms with van der Waals surface area (Å²) < 4.78 is 0. The van der Waals surface area contributed by atoms with E-state index in [-0.39, 0.29) is 5.41 Å². The third kappa shape index (κ3) is 2.04. The minimum atomic E-state index is -0.0211. The second-order valence-electron chi connectivity index (χ2n) is 8.84. The first-order valence-electron chi connectivity index (χ1n) is 10.2. The van der Waals surface area contributed by atoms with Crippen molar-refractivity contribution in [2.45, 2.75) is 69.7 Å². The number of benzene rings is 1. The second kappa shape index (κ2) is 5.61. The number of nitrogens with one attached hydrogen (secondary N) is 1. The Hall–Kier alpha value is -1.31. The van der Waals surface area contributed by atoms with Crippen LogP contribution >= 0.6 is 0 Å². The molecule has 2 heteroatoms. The van der Waals surface area contributed by atoms with Crippen LogP contribution in [-0.4, -0.2) is 11.9 Å². The molecule has 1 aromatic carbocycles. The summed E-state index contributed by atoms with van der Waals surface area (Å²) in [5, 5.41) is 3.47. The Bertz CT molecular complexity index is 618. The molecular formula is C22H29NO. The van der Waals surface area contributed by atoms with E-state index in [0.29, 0.717) is 23.8 Å². The summed E-state index contributed by atoms with van der Waals surface area (Å²) in [6, 6.07) is 11.6. The largest absolute Gasteiger partial charge is 0.353 e. The zero-order chi connectivity index (χ0) is 16.1. The molecule has 3 saturated carbocycles. The van der Waals surface area contributed by atoms with Crippen molar-refractivity contribution in [2.75, 3.05) is 0 Å². The van der Waals surface area contributed by atoms with Gasteiger partial charge in [-0.3, -0.25) is 4.79 Å². The molecule has 1 heterocycles. The predicted octanol–water partition coefficient (Wildman–Crippen LogP) is 4.66. The highest BCUT2D eigenvalue weighted by Crippen LogP contribution is 2.62. The van der Waals surface area contributed by atoms with E-state index in [1.165, 1.54) is 50.5 Å². The molecule has 1 aliphatic heterocycles. The van der Waals surface area contributed by atoms with Gasteiger partial charge in [0.2, 0.25) is 5.91 Å². The summed E-state index contributed by atoms with van der Waals surface area (Å²) >= 11 is 0. The molecule has 24 heavy (non-hydrogen) atoms. The maximum Gasteiger partial charge on any atom is 0.226 e. The van der Waals surface area contributed by atoms with Crippen LogP contribution in [0.5, 0.6) is 0 Å². The van der Waals surface area contributed by atoms with E-state index in [9.17, 15) is 4.79 Å². The van der Waals surface area contributed by atoms with Crippen LogP contribution in [0.4, 0.5) is 0 Å². The summed E-state index contributed by atoms with van der Waals surface area (Å²) in [5.74, 6) is 3.24. The van der Waals surface area contributed by atoms with E-state index < -0.39 is 0 Å². The van der Waals surface area contributed by atoms with Crippen LogP contribution in [0.15, 0.2) is 30.3 Å². The van der Waals surface area contributed by atoms with E-state index in [1.807, 2.05) is 0 Å². The molecule has 1 amide bonds. The van der Waals surface area contributed by atoms with E-state index in [0.717, 1.165) is 24.7 Å². The van der Waals surface area contributed by atoms with Gasteiger partial charge in [0, 0.05) is 6.04 Å². The van der Waals surface area contributed by atoms with Crippen LogP contribution in [0.25, 0.3) is 0 Å². The van der Waals surface area contributed by atoms with Crippen LogP contribution in [0.2, 0.25) is 0 Å². The van der Waals surface area contributed by atoms with Crippen molar-refractivity contribution in [3.8, 4) is 0 Å². The molecule has 1 aromatic rings. The zero-order valence-corrected chi connectivity index (χ0v) is 14.5. The monoisotopic (exact) mass is 323 g/mol. The van der Waals surface area contributed by atoms with Gasteiger partial charge in [-0.1, -0.05) is 62.4 Å². The molecule has 1 spiro atoms. The first-order chi connectivity index (χ1) is 11.8. The number of fused-ring (bicyclic) bond motifs is 4. The lowest BCUT2D eigenvalue weighted by molar-refractivity contribution is -0.132. The lowest BCUT2D eigenvalue weighted by atomic mass is 9.58. The summed E-state index contributed by atoms with van der Waals surface area (Å²) in [7, 11) is 0. The average molecular weight is 323 g/mol. The molecule has 0 bridgehead atoms. The first kappa shape index (κ1) is 15.0. The zero-order valence-electron chi connectivity index (χ0n) is 14.5. The van der Waals surface area contributed by atoms with E-state index in [2.05, 4.69) is 35.6 Å². The van der Waals surface area contributed by atoms with Gasteiger partial charge in [-0.15, -0.1) is 0 Å². The fourth-order valence-electron chi connectivity index (χ4n) is 7.07. The molecule has 5 atom stereocenters. The molecular weight excluding hydrogens is 294 g/mol. The third-order valence-corrected chi connectivity index (χ3v) is 7.88. The Labute approximate surface area is 145 Å². The van der Waals surface area contributed by atoms with E-state index in [1.54, 1.807) is 0 Å². The van der Waals surface area contributed by atoms with Gasteiger partial charge in [0.15, 0.2) is 0 Å². The molecule has 4 aliphatic rings. The normalized spacial score (nSPS) is 40.2. The molecule has 1 saturated heterocycles. The van der Waals surface area contributed by atoms with Gasteiger partial charge < -0.3 is 5.32 Å². The standard InChI is InChI=1S/C22H29NO/c24-21-22(12-5-2-6-13-22)20-18(23-21)14-16-10-7-11-17(19(16)20)15-8-3-1-4-9-15/h1,3-4,8-9,16-20H,2,5-7,10-14H2,(H,23,24). The van der Waals surface area contributed by atoms with Crippen LogP contribution < -0.4 is 5.32 Å². The fourth-order valence-corrected chi connectivity index (χ4v) is 7.07. The van der Waals surface area contributed by atoms with Gasteiger partial charge in [0.1, 0.15) is 0 Å². The molecule has 5 rings (SSSR count). The maximum absolute atomic E-state index is 13.0. The summed E-state index contributed by atoms with van der Waals surface area (Å²) in [5.41, 5.74) is 1.50. The predicted molar refractivity (Wildman–Crippen MR) is 95.6 cm³/mol. The van der Waals surface area contributed by atoms with E-state index in [4.69, 9.17) is 0 Å². The van der Waals surface area contributed by atoms with Crippen LogP contribution in [0, 0.1) is 23.2 Å². The minimum Gasteiger partial charge on any atom is -0.353 e. The molecule has 1 N–H and O–H groups in total. The summed E-state index contributed by atoms with van der Waals surface area (Å²) in [6.07, 6.45) is 11.4. The van der Waals surface area contributed by atoms with Crippen molar-refractivity contribution in [1.29, 1.82) is 0 Å². The smallest absolute Gasteiger partial charge is 0.226 e. The average Bonchev–Trinajstić information content (AvgIpc) is 3.11. The fraction of sp³-hybridized carbons (Fsp3) is 0.682. The minimum absolute atomic E-state index is 0.0211. The first-order valence-corrected chi connectivity index (χ1v) is 10.2. The lowest BCUT2D eigenvalue weighted by Gasteiger charge is -2.44. The van der Waals surface area contributed by atoms with Crippen molar-refractivity contribution in [3.63, 3.8) is 0 Å².